The van der Waals surface area contributed by atoms with E-state index >= 15 is 0 Å². The Balaban J connectivity index is 2.18. The molecule has 0 radical (unpaired) electrons. The van der Waals surface area contributed by atoms with Crippen molar-refractivity contribution in [1.29, 1.82) is 0 Å². The van der Waals surface area contributed by atoms with Crippen LogP contribution < -0.4 is 0 Å². The molecule has 2 rings (SSSR count). The van der Waals surface area contributed by atoms with Gasteiger partial charge in [-0.05, 0) is 30.2 Å². The Morgan fingerprint density at radius 2 is 1.52 bits per heavy atom. The minimum absolute atomic E-state index is 0.0601. The molecule has 0 saturated heterocycles. The summed E-state index contributed by atoms with van der Waals surface area (Å²) in [5, 5.41) is 0. The Kier molecular flexibility index (Phi) is 5.39. The molecule has 0 N–H and O–H groups in total. The average molecular weight is 361 g/mol. The van der Waals surface area contributed by atoms with Crippen molar-refractivity contribution in [2.75, 3.05) is 6.54 Å². The molecule has 0 aliphatic heterocycles. The molecule has 1 amide bonds. The van der Waals surface area contributed by atoms with E-state index in [2.05, 4.69) is 0 Å². The van der Waals surface area contributed by atoms with E-state index in [1.807, 2.05) is 0 Å². The fraction of sp³-hybridized carbons (Fsp3) is 0.235. The molecule has 0 aliphatic carbocycles. The van der Waals surface area contributed by atoms with E-state index in [0.717, 1.165) is 18.2 Å². The zero-order valence-corrected chi connectivity index (χ0v) is 12.7. The van der Waals surface area contributed by atoms with Crippen molar-refractivity contribution in [2.24, 2.45) is 0 Å². The van der Waals surface area contributed by atoms with Gasteiger partial charge in [0.2, 0.25) is 0 Å². The Bertz CT molecular complexity index is 724. The molecule has 0 spiro atoms. The van der Waals surface area contributed by atoms with Gasteiger partial charge in [0.05, 0.1) is 5.56 Å². The number of nitrogens with zero attached hydrogens (tertiary/aromatic N) is 1. The number of halogens is 6. The lowest BCUT2D eigenvalue weighted by Crippen LogP contribution is -2.44. The Morgan fingerprint density at radius 1 is 0.880 bits per heavy atom. The summed E-state index contributed by atoms with van der Waals surface area (Å²) >= 11 is 0. The SMILES string of the molecule is O=C(c1ccccc1)N(CCc1cccc(C(F)(F)F)c1)C(F)(F)F. The lowest BCUT2D eigenvalue weighted by Gasteiger charge is -2.25. The molecule has 0 atom stereocenters. The fourth-order valence-corrected chi connectivity index (χ4v) is 2.22. The van der Waals surface area contributed by atoms with Crippen LogP contribution in [0.25, 0.3) is 0 Å². The number of rotatable bonds is 4. The maximum atomic E-state index is 13.2. The summed E-state index contributed by atoms with van der Waals surface area (Å²) in [5.74, 6) is -1.25. The molecule has 0 aromatic heterocycles. The molecular weight excluding hydrogens is 348 g/mol. The fourth-order valence-electron chi connectivity index (χ4n) is 2.22. The summed E-state index contributed by atoms with van der Waals surface area (Å²) in [4.78, 5) is 11.8. The molecule has 2 aromatic carbocycles. The lowest BCUT2D eigenvalue weighted by molar-refractivity contribution is -0.224. The van der Waals surface area contributed by atoms with Gasteiger partial charge < -0.3 is 0 Å². The molecule has 0 unspecified atom stereocenters. The standard InChI is InChI=1S/C17H13F6NO/c18-16(19,20)14-8-4-5-12(11-14)9-10-24(17(21,22)23)15(25)13-6-2-1-3-7-13/h1-8,11H,9-10H2. The predicted molar refractivity (Wildman–Crippen MR) is 78.7 cm³/mol. The van der Waals surface area contributed by atoms with E-state index in [1.165, 1.54) is 30.3 Å². The molecule has 0 aliphatic rings. The molecule has 25 heavy (non-hydrogen) atoms. The number of carbonyl (C=O) groups excluding carboxylic acids is 1. The lowest BCUT2D eigenvalue weighted by atomic mass is 10.1. The third kappa shape index (κ3) is 4.98. The first-order chi connectivity index (χ1) is 11.6. The van der Waals surface area contributed by atoms with Gasteiger partial charge in [0.1, 0.15) is 0 Å². The highest BCUT2D eigenvalue weighted by atomic mass is 19.4. The van der Waals surface area contributed by atoms with E-state index in [1.54, 1.807) is 6.07 Å². The first-order valence-electron chi connectivity index (χ1n) is 7.19. The third-order valence-electron chi connectivity index (χ3n) is 3.45. The molecule has 0 heterocycles. The van der Waals surface area contributed by atoms with Crippen LogP contribution in [-0.4, -0.2) is 23.7 Å². The zero-order chi connectivity index (χ0) is 18.7. The molecule has 0 fully saturated rings. The van der Waals surface area contributed by atoms with E-state index in [4.69, 9.17) is 0 Å². The van der Waals surface area contributed by atoms with Crippen LogP contribution >= 0.6 is 0 Å². The van der Waals surface area contributed by atoms with Crippen LogP contribution in [0.5, 0.6) is 0 Å². The van der Waals surface area contributed by atoms with Gasteiger partial charge in [-0.1, -0.05) is 36.4 Å². The average Bonchev–Trinajstić information content (AvgIpc) is 2.54. The highest BCUT2D eigenvalue weighted by Crippen LogP contribution is 2.30. The van der Waals surface area contributed by atoms with Gasteiger partial charge in [-0.15, -0.1) is 13.2 Å². The quantitative estimate of drug-likeness (QED) is 0.560. The van der Waals surface area contributed by atoms with Crippen LogP contribution in [0.1, 0.15) is 21.5 Å². The Labute approximate surface area is 139 Å². The summed E-state index contributed by atoms with van der Waals surface area (Å²) in [6, 6.07) is 10.9. The summed E-state index contributed by atoms with van der Waals surface area (Å²) in [6.07, 6.45) is -9.88. The van der Waals surface area contributed by atoms with Crippen LogP contribution in [0.3, 0.4) is 0 Å². The molecule has 0 saturated carbocycles. The summed E-state index contributed by atoms with van der Waals surface area (Å²) in [5.41, 5.74) is -1.04. The van der Waals surface area contributed by atoms with Gasteiger partial charge in [-0.25, -0.2) is 4.90 Å². The second-order valence-corrected chi connectivity index (χ2v) is 5.24. The van der Waals surface area contributed by atoms with E-state index < -0.39 is 30.5 Å². The van der Waals surface area contributed by atoms with Crippen molar-refractivity contribution in [2.45, 2.75) is 18.9 Å². The van der Waals surface area contributed by atoms with Crippen LogP contribution in [0, 0.1) is 0 Å². The van der Waals surface area contributed by atoms with Crippen molar-refractivity contribution in [3.8, 4) is 0 Å². The van der Waals surface area contributed by atoms with Gasteiger partial charge in [0.15, 0.2) is 0 Å². The van der Waals surface area contributed by atoms with Crippen molar-refractivity contribution in [1.82, 2.24) is 4.90 Å². The number of benzene rings is 2. The molecule has 2 nitrogen and oxygen atoms in total. The molecule has 2 aromatic rings. The normalized spacial score (nSPS) is 12.1. The van der Waals surface area contributed by atoms with Crippen molar-refractivity contribution in [3.63, 3.8) is 0 Å². The maximum Gasteiger partial charge on any atom is 0.487 e. The molecule has 0 bridgehead atoms. The van der Waals surface area contributed by atoms with E-state index in [9.17, 15) is 31.1 Å². The number of carbonyl (C=O) groups is 1. The van der Waals surface area contributed by atoms with Gasteiger partial charge in [-0.3, -0.25) is 4.79 Å². The number of hydrogen-bond acceptors (Lipinski definition) is 1. The minimum atomic E-state index is -4.94. The first kappa shape index (κ1) is 18.8. The molecule has 134 valence electrons. The van der Waals surface area contributed by atoms with Crippen LogP contribution in [0.15, 0.2) is 54.6 Å². The maximum absolute atomic E-state index is 13.2. The van der Waals surface area contributed by atoms with Crippen LogP contribution in [0.2, 0.25) is 0 Å². The summed E-state index contributed by atoms with van der Waals surface area (Å²) < 4.78 is 77.4. The largest absolute Gasteiger partial charge is 0.487 e. The van der Waals surface area contributed by atoms with Crippen molar-refractivity contribution < 1.29 is 31.1 Å². The van der Waals surface area contributed by atoms with E-state index in [-0.39, 0.29) is 22.4 Å². The second-order valence-electron chi connectivity index (χ2n) is 5.24. The molecule has 8 heteroatoms. The van der Waals surface area contributed by atoms with Crippen molar-refractivity contribution >= 4 is 5.91 Å². The zero-order valence-electron chi connectivity index (χ0n) is 12.7. The second kappa shape index (κ2) is 7.16. The molecular formula is C17H13F6NO. The Hall–Kier alpha value is -2.51. The third-order valence-corrected chi connectivity index (χ3v) is 3.45. The van der Waals surface area contributed by atoms with Gasteiger partial charge >= 0.3 is 12.5 Å². The van der Waals surface area contributed by atoms with Crippen LogP contribution in [0.4, 0.5) is 26.3 Å². The Morgan fingerprint density at radius 3 is 2.08 bits per heavy atom. The summed E-state index contributed by atoms with van der Waals surface area (Å²) in [7, 11) is 0. The van der Waals surface area contributed by atoms with E-state index in [0.29, 0.717) is 0 Å². The first-order valence-corrected chi connectivity index (χ1v) is 7.19. The highest BCUT2D eigenvalue weighted by molar-refractivity contribution is 5.94. The van der Waals surface area contributed by atoms with Crippen LogP contribution in [-0.2, 0) is 12.6 Å². The van der Waals surface area contributed by atoms with Gasteiger partial charge in [0.25, 0.3) is 5.91 Å². The smallest absolute Gasteiger partial charge is 0.269 e. The topological polar surface area (TPSA) is 20.3 Å². The monoisotopic (exact) mass is 361 g/mol. The van der Waals surface area contributed by atoms with Gasteiger partial charge in [-0.2, -0.15) is 13.2 Å². The number of amides is 1. The summed E-state index contributed by atoms with van der Waals surface area (Å²) in [6.45, 7) is -0.779. The number of alkyl halides is 6. The minimum Gasteiger partial charge on any atom is -0.269 e. The van der Waals surface area contributed by atoms with Crippen molar-refractivity contribution in [3.05, 3.63) is 71.3 Å². The van der Waals surface area contributed by atoms with Gasteiger partial charge in [0, 0.05) is 12.1 Å². The number of hydrogen-bond donors (Lipinski definition) is 0. The highest BCUT2D eigenvalue weighted by Gasteiger charge is 2.41. The predicted octanol–water partition coefficient (Wildman–Crippen LogP) is 4.91.